The van der Waals surface area contributed by atoms with E-state index in [1.54, 1.807) is 12.1 Å². The smallest absolute Gasteiger partial charge is 0.264 e. The van der Waals surface area contributed by atoms with Gasteiger partial charge in [0.25, 0.3) is 11.8 Å². The number of unbranched alkanes of at least 4 members (excludes halogenated alkanes) is 2. The molecule has 8 rings (SSSR count). The predicted molar refractivity (Wildman–Crippen MR) is 247 cm³/mol. The highest BCUT2D eigenvalue weighted by molar-refractivity contribution is 6.26. The van der Waals surface area contributed by atoms with E-state index in [2.05, 4.69) is 37.4 Å². The van der Waals surface area contributed by atoms with E-state index in [4.69, 9.17) is 25.0 Å². The van der Waals surface area contributed by atoms with Crippen molar-refractivity contribution in [3.8, 4) is 22.8 Å². The van der Waals surface area contributed by atoms with Crippen molar-refractivity contribution in [3.63, 3.8) is 0 Å². The normalized spacial score (nSPS) is 16.5. The Hall–Kier alpha value is -7.35. The number of aromatic nitrogens is 4. The first-order valence-corrected chi connectivity index (χ1v) is 22.4. The lowest BCUT2D eigenvalue weighted by atomic mass is 10.0. The number of rotatable bonds is 20. The molecule has 1 unspecified atom stereocenters. The molecule has 2 saturated heterocycles. The molecule has 348 valence electrons. The zero-order valence-corrected chi connectivity index (χ0v) is 36.9. The average molecular weight is 913 g/mol. The van der Waals surface area contributed by atoms with Gasteiger partial charge in [-0.1, -0.05) is 30.8 Å². The van der Waals surface area contributed by atoms with Crippen LogP contribution >= 0.6 is 0 Å². The number of ether oxygens (including phenoxy) is 3. The lowest BCUT2D eigenvalue weighted by molar-refractivity contribution is -0.136. The summed E-state index contributed by atoms with van der Waals surface area (Å²) in [5, 5.41) is 13.4. The number of carbonyl (C=O) groups excluding carboxylic acids is 6. The molecule has 5 aromatic rings. The van der Waals surface area contributed by atoms with Gasteiger partial charge >= 0.3 is 0 Å². The van der Waals surface area contributed by atoms with E-state index >= 15 is 0 Å². The van der Waals surface area contributed by atoms with Crippen molar-refractivity contribution in [2.24, 2.45) is 0 Å². The molecule has 3 aliphatic rings. The van der Waals surface area contributed by atoms with E-state index < -0.39 is 35.6 Å². The lowest BCUT2D eigenvalue weighted by Crippen LogP contribution is -2.54. The summed E-state index contributed by atoms with van der Waals surface area (Å²) in [6, 6.07) is 18.3. The standard InChI is InChI=1S/C48H52N10O9/c1-2-38(59)53-35-27-30(15-17-37(35)67-32-11-4-3-5-12-32)43-42-44(49)50-29-51-45(42)58(55-43)31-19-22-56(23-20-31)21-6-7-24-65-25-8-9-26-66-28-40(61)52-34-14-10-13-33-41(34)48(64)57(47(33)63)36-16-18-39(60)54-46(36)62/h2-5,10-15,17,27,29,31,36H,1,6-9,16,18-26,28H2,(H,52,61)(H,53,59)(H2,49,50,51)(H,54,60,62). The summed E-state index contributed by atoms with van der Waals surface area (Å²) in [7, 11) is 0. The van der Waals surface area contributed by atoms with Crippen molar-refractivity contribution in [2.75, 3.05) is 62.4 Å². The molecule has 0 spiro atoms. The van der Waals surface area contributed by atoms with Crippen LogP contribution in [0, 0.1) is 0 Å². The number of fused-ring (bicyclic) bond motifs is 2. The molecule has 1 atom stereocenters. The van der Waals surface area contributed by atoms with Crippen molar-refractivity contribution >= 4 is 63.7 Å². The van der Waals surface area contributed by atoms with Crippen LogP contribution in [0.3, 0.4) is 0 Å². The van der Waals surface area contributed by atoms with Gasteiger partial charge in [-0.25, -0.2) is 14.6 Å². The number of para-hydroxylation sites is 1. The number of carbonyl (C=O) groups is 6. The van der Waals surface area contributed by atoms with Crippen molar-refractivity contribution in [2.45, 2.75) is 63.5 Å². The van der Waals surface area contributed by atoms with Crippen molar-refractivity contribution in [3.05, 3.63) is 96.8 Å². The summed E-state index contributed by atoms with van der Waals surface area (Å²) in [5.41, 5.74) is 9.13. The van der Waals surface area contributed by atoms with Crippen LogP contribution in [0.2, 0.25) is 0 Å². The largest absolute Gasteiger partial charge is 0.455 e. The lowest BCUT2D eigenvalue weighted by Gasteiger charge is -2.32. The molecule has 0 aliphatic carbocycles. The van der Waals surface area contributed by atoms with E-state index in [9.17, 15) is 28.8 Å². The van der Waals surface area contributed by atoms with Crippen LogP contribution in [0.4, 0.5) is 17.2 Å². The Balaban J connectivity index is 0.734. The highest BCUT2D eigenvalue weighted by atomic mass is 16.5. The molecule has 0 saturated carbocycles. The molecule has 67 heavy (non-hydrogen) atoms. The monoisotopic (exact) mass is 912 g/mol. The molecule has 19 heteroatoms. The Kier molecular flexibility index (Phi) is 14.7. The van der Waals surface area contributed by atoms with Gasteiger partial charge in [-0.3, -0.25) is 39.0 Å². The van der Waals surface area contributed by atoms with Gasteiger partial charge in [0.2, 0.25) is 23.6 Å². The fourth-order valence-electron chi connectivity index (χ4n) is 8.52. The topological polar surface area (TPSA) is 242 Å². The maximum Gasteiger partial charge on any atom is 0.264 e. The molecule has 0 bridgehead atoms. The number of nitrogen functional groups attached to an aromatic ring is 1. The van der Waals surface area contributed by atoms with Crippen molar-refractivity contribution < 1.29 is 43.0 Å². The first-order chi connectivity index (χ1) is 32.6. The van der Waals surface area contributed by atoms with Gasteiger partial charge in [0, 0.05) is 44.9 Å². The SMILES string of the molecule is C=CC(=O)Nc1cc(-c2nn(C3CCN(CCCCOCCCCOCC(=O)Nc4cccc5c4C(=O)N(C4CCC(=O)NC4=O)C5=O)CC3)c3ncnc(N)c23)ccc1Oc1ccccc1. The summed E-state index contributed by atoms with van der Waals surface area (Å²) in [6.45, 7) is 7.66. The van der Waals surface area contributed by atoms with Crippen molar-refractivity contribution in [1.82, 2.24) is 34.9 Å². The number of nitrogens with one attached hydrogen (secondary N) is 3. The Bertz CT molecular complexity index is 2680. The number of piperidine rings is 2. The predicted octanol–water partition coefficient (Wildman–Crippen LogP) is 5.26. The third kappa shape index (κ3) is 10.7. The number of anilines is 3. The number of nitrogens with two attached hydrogens (primary N) is 1. The van der Waals surface area contributed by atoms with E-state index in [0.717, 1.165) is 62.2 Å². The molecule has 19 nitrogen and oxygen atoms in total. The van der Waals surface area contributed by atoms with Gasteiger partial charge in [-0.2, -0.15) is 5.10 Å². The summed E-state index contributed by atoms with van der Waals surface area (Å²) >= 11 is 0. The number of hydrogen-bond acceptors (Lipinski definition) is 14. The molecule has 3 aromatic carbocycles. The van der Waals surface area contributed by atoms with Gasteiger partial charge < -0.3 is 35.5 Å². The first-order valence-electron chi connectivity index (χ1n) is 22.4. The van der Waals surface area contributed by atoms with Gasteiger partial charge in [0.05, 0.1) is 33.9 Å². The average Bonchev–Trinajstić information content (AvgIpc) is 3.84. The maximum absolute atomic E-state index is 13.3. The van der Waals surface area contributed by atoms with Crippen LogP contribution < -0.4 is 26.4 Å². The number of likely N-dealkylation sites (tertiary alicyclic amines) is 1. The zero-order chi connectivity index (χ0) is 46.9. The third-order valence-corrected chi connectivity index (χ3v) is 11.9. The van der Waals surface area contributed by atoms with Crippen LogP contribution in [0.25, 0.3) is 22.3 Å². The van der Waals surface area contributed by atoms with Crippen LogP contribution in [0.1, 0.15) is 78.1 Å². The maximum atomic E-state index is 13.3. The molecular weight excluding hydrogens is 861 g/mol. The summed E-state index contributed by atoms with van der Waals surface area (Å²) in [4.78, 5) is 87.7. The fourth-order valence-corrected chi connectivity index (χ4v) is 8.52. The van der Waals surface area contributed by atoms with Crippen LogP contribution in [-0.2, 0) is 28.7 Å². The molecule has 2 aromatic heterocycles. The highest BCUT2D eigenvalue weighted by Gasteiger charge is 2.45. The minimum atomic E-state index is -1.10. The van der Waals surface area contributed by atoms with Gasteiger partial charge in [0.1, 0.15) is 36.2 Å². The quantitative estimate of drug-likeness (QED) is 0.0442. The van der Waals surface area contributed by atoms with E-state index in [1.165, 1.54) is 24.5 Å². The van der Waals surface area contributed by atoms with Crippen LogP contribution in [0.5, 0.6) is 11.5 Å². The van der Waals surface area contributed by atoms with E-state index in [1.807, 2.05) is 47.1 Å². The summed E-state index contributed by atoms with van der Waals surface area (Å²) < 4.78 is 19.5. The first kappa shape index (κ1) is 46.2. The Morgan fingerprint density at radius 2 is 1.61 bits per heavy atom. The second kappa shape index (κ2) is 21.3. The van der Waals surface area contributed by atoms with Crippen molar-refractivity contribution in [1.29, 1.82) is 0 Å². The third-order valence-electron chi connectivity index (χ3n) is 11.9. The molecule has 2 fully saturated rings. The number of benzene rings is 3. The van der Waals surface area contributed by atoms with Gasteiger partial charge in [0.15, 0.2) is 11.4 Å². The minimum absolute atomic E-state index is 0.00649. The molecule has 5 N–H and O–H groups in total. The zero-order valence-electron chi connectivity index (χ0n) is 36.9. The molecule has 6 amide bonds. The second-order valence-corrected chi connectivity index (χ2v) is 16.4. The Labute approximate surface area is 386 Å². The number of imide groups is 2. The molecular formula is C48H52N10O9. The second-order valence-electron chi connectivity index (χ2n) is 16.4. The van der Waals surface area contributed by atoms with E-state index in [0.29, 0.717) is 66.0 Å². The summed E-state index contributed by atoms with van der Waals surface area (Å²) in [5.74, 6) is -1.98. The number of hydrogen-bond donors (Lipinski definition) is 4. The van der Waals surface area contributed by atoms with Crippen LogP contribution in [0.15, 0.2) is 85.7 Å². The van der Waals surface area contributed by atoms with Gasteiger partial charge in [-0.15, -0.1) is 0 Å². The molecule has 0 radical (unpaired) electrons. The number of nitrogens with zero attached hydrogens (tertiary/aromatic N) is 6. The van der Waals surface area contributed by atoms with Gasteiger partial charge in [-0.05, 0) is 100 Å². The molecule has 5 heterocycles. The Morgan fingerprint density at radius 1 is 0.851 bits per heavy atom. The van der Waals surface area contributed by atoms with Crippen LogP contribution in [-0.4, -0.2) is 117 Å². The molecule has 3 aliphatic heterocycles. The fraction of sp³-hybridized carbons (Fsp3) is 0.354. The Morgan fingerprint density at radius 3 is 2.37 bits per heavy atom. The van der Waals surface area contributed by atoms with E-state index in [-0.39, 0.29) is 48.2 Å². The highest BCUT2D eigenvalue weighted by Crippen LogP contribution is 2.39. The summed E-state index contributed by atoms with van der Waals surface area (Å²) in [6.07, 6.45) is 7.83. The number of amides is 6. The minimum Gasteiger partial charge on any atom is -0.455 e.